The van der Waals surface area contributed by atoms with E-state index < -0.39 is 0 Å². The molecule has 1 fully saturated rings. The molecule has 1 aromatic rings. The van der Waals surface area contributed by atoms with Crippen LogP contribution in [-0.4, -0.2) is 43.0 Å². The molecular formula is C17H24ClNO2. The monoisotopic (exact) mass is 309 g/mol. The van der Waals surface area contributed by atoms with E-state index in [2.05, 4.69) is 11.8 Å². The number of benzene rings is 1. The van der Waals surface area contributed by atoms with Crippen molar-refractivity contribution in [1.29, 1.82) is 0 Å². The molecule has 2 rings (SSSR count). The third-order valence-corrected chi connectivity index (χ3v) is 4.55. The summed E-state index contributed by atoms with van der Waals surface area (Å²) in [5, 5.41) is 0.706. The minimum Gasteiger partial charge on any atom is -0.381 e. The maximum absolute atomic E-state index is 12.1. The van der Waals surface area contributed by atoms with Crippen molar-refractivity contribution in [3.63, 3.8) is 0 Å². The zero-order chi connectivity index (χ0) is 15.2. The van der Waals surface area contributed by atoms with Gasteiger partial charge in [0, 0.05) is 30.8 Å². The van der Waals surface area contributed by atoms with Crippen LogP contribution >= 0.6 is 11.6 Å². The lowest BCUT2D eigenvalue weighted by atomic mass is 9.93. The molecule has 1 atom stereocenters. The summed E-state index contributed by atoms with van der Waals surface area (Å²) >= 11 is 5.94. The molecule has 0 spiro atoms. The number of carbonyl (C=O) groups is 1. The van der Waals surface area contributed by atoms with Gasteiger partial charge in [0.25, 0.3) is 0 Å². The molecule has 0 bridgehead atoms. The molecule has 0 unspecified atom stereocenters. The molecule has 4 heteroatoms. The van der Waals surface area contributed by atoms with Crippen LogP contribution in [0, 0.1) is 0 Å². The van der Waals surface area contributed by atoms with Crippen LogP contribution in [0.25, 0.3) is 0 Å². The van der Waals surface area contributed by atoms with Gasteiger partial charge in [0.1, 0.15) is 5.78 Å². The second kappa shape index (κ2) is 7.92. The molecule has 1 aliphatic heterocycles. The highest BCUT2D eigenvalue weighted by Crippen LogP contribution is 2.23. The zero-order valence-corrected chi connectivity index (χ0v) is 13.6. The lowest BCUT2D eigenvalue weighted by Gasteiger charge is -2.35. The summed E-state index contributed by atoms with van der Waals surface area (Å²) in [4.78, 5) is 14.5. The average Bonchev–Trinajstić information content (AvgIpc) is 2.50. The van der Waals surface area contributed by atoms with Crippen LogP contribution in [0.2, 0.25) is 5.02 Å². The second-order valence-corrected chi connectivity index (χ2v) is 6.08. The van der Waals surface area contributed by atoms with Gasteiger partial charge in [-0.25, -0.2) is 0 Å². The van der Waals surface area contributed by atoms with Gasteiger partial charge in [-0.15, -0.1) is 0 Å². The van der Waals surface area contributed by atoms with E-state index in [1.165, 1.54) is 0 Å². The third-order valence-electron chi connectivity index (χ3n) is 4.29. The first-order valence-corrected chi connectivity index (χ1v) is 8.07. The number of likely N-dealkylation sites (N-methyl/N-ethyl adjacent to an activating group) is 1. The molecule has 1 heterocycles. The molecule has 0 saturated carbocycles. The molecule has 21 heavy (non-hydrogen) atoms. The lowest BCUT2D eigenvalue weighted by molar-refractivity contribution is -0.119. The van der Waals surface area contributed by atoms with Crippen molar-refractivity contribution in [2.75, 3.05) is 26.3 Å². The molecule has 1 aromatic carbocycles. The summed E-state index contributed by atoms with van der Waals surface area (Å²) in [5.74, 6) is 0.132. The molecule has 0 N–H and O–H groups in total. The Kier molecular flexibility index (Phi) is 6.22. The standard InChI is InChI=1S/C17H24ClNO2/c1-3-19(16-8-10-21-11-9-16)12-17(13(2)20)14-4-6-15(18)7-5-14/h4-7,16-17H,3,8-12H2,1-2H3/t17-/m0/s1. The minimum atomic E-state index is -0.0786. The molecule has 3 nitrogen and oxygen atoms in total. The second-order valence-electron chi connectivity index (χ2n) is 5.65. The summed E-state index contributed by atoms with van der Waals surface area (Å²) in [5.41, 5.74) is 1.05. The molecule has 0 aromatic heterocycles. The van der Waals surface area contributed by atoms with E-state index >= 15 is 0 Å². The van der Waals surface area contributed by atoms with Crippen molar-refractivity contribution in [3.8, 4) is 0 Å². The maximum Gasteiger partial charge on any atom is 0.138 e. The number of ketones is 1. The highest BCUT2D eigenvalue weighted by molar-refractivity contribution is 6.30. The first-order chi connectivity index (χ1) is 10.1. The number of Topliss-reactive ketones (excluding diaryl/α,β-unsaturated/α-hetero) is 1. The summed E-state index contributed by atoms with van der Waals surface area (Å²) in [6.07, 6.45) is 2.11. The highest BCUT2D eigenvalue weighted by Gasteiger charge is 2.25. The van der Waals surface area contributed by atoms with Gasteiger partial charge in [-0.3, -0.25) is 9.69 Å². The summed E-state index contributed by atoms with van der Waals surface area (Å²) in [6, 6.07) is 8.17. The van der Waals surface area contributed by atoms with Gasteiger partial charge in [-0.1, -0.05) is 30.7 Å². The average molecular weight is 310 g/mol. The Balaban J connectivity index is 2.10. The smallest absolute Gasteiger partial charge is 0.138 e. The van der Waals surface area contributed by atoms with Crippen molar-refractivity contribution < 1.29 is 9.53 Å². The van der Waals surface area contributed by atoms with Crippen LogP contribution in [0.3, 0.4) is 0 Å². The number of halogens is 1. The first-order valence-electron chi connectivity index (χ1n) is 7.69. The largest absolute Gasteiger partial charge is 0.381 e. The van der Waals surface area contributed by atoms with Crippen molar-refractivity contribution in [3.05, 3.63) is 34.9 Å². The Morgan fingerprint density at radius 3 is 2.48 bits per heavy atom. The number of ether oxygens (including phenoxy) is 1. The van der Waals surface area contributed by atoms with Crippen molar-refractivity contribution in [2.24, 2.45) is 0 Å². The number of rotatable bonds is 6. The molecule has 0 amide bonds. The van der Waals surface area contributed by atoms with E-state index in [0.29, 0.717) is 11.1 Å². The van der Waals surface area contributed by atoms with E-state index in [1.807, 2.05) is 24.3 Å². The Hall–Kier alpha value is -0.900. The molecule has 1 saturated heterocycles. The summed E-state index contributed by atoms with van der Waals surface area (Å²) < 4.78 is 5.44. The fraction of sp³-hybridized carbons (Fsp3) is 0.588. The molecule has 116 valence electrons. The van der Waals surface area contributed by atoms with Gasteiger partial charge in [0.2, 0.25) is 0 Å². The Bertz CT molecular complexity index is 454. The van der Waals surface area contributed by atoms with Gasteiger partial charge >= 0.3 is 0 Å². The predicted octanol–water partition coefficient (Wildman–Crippen LogP) is 3.51. The number of hydrogen-bond donors (Lipinski definition) is 0. The lowest BCUT2D eigenvalue weighted by Crippen LogP contribution is -2.42. The van der Waals surface area contributed by atoms with Crippen LogP contribution in [0.15, 0.2) is 24.3 Å². The Morgan fingerprint density at radius 1 is 1.33 bits per heavy atom. The summed E-state index contributed by atoms with van der Waals surface area (Å²) in [7, 11) is 0. The van der Waals surface area contributed by atoms with Gasteiger partial charge in [0.05, 0.1) is 5.92 Å². The van der Waals surface area contributed by atoms with Crippen molar-refractivity contribution in [2.45, 2.75) is 38.6 Å². The Morgan fingerprint density at radius 2 is 1.95 bits per heavy atom. The number of nitrogens with zero attached hydrogens (tertiary/aromatic N) is 1. The minimum absolute atomic E-state index is 0.0786. The van der Waals surface area contributed by atoms with E-state index in [0.717, 1.165) is 44.7 Å². The van der Waals surface area contributed by atoms with Gasteiger partial charge < -0.3 is 4.74 Å². The van der Waals surface area contributed by atoms with Crippen LogP contribution in [-0.2, 0) is 9.53 Å². The predicted molar refractivity (Wildman–Crippen MR) is 86.0 cm³/mol. The third kappa shape index (κ3) is 4.53. The van der Waals surface area contributed by atoms with Gasteiger partial charge in [-0.05, 0) is 44.0 Å². The van der Waals surface area contributed by atoms with Crippen LogP contribution < -0.4 is 0 Å². The van der Waals surface area contributed by atoms with Crippen LogP contribution in [0.5, 0.6) is 0 Å². The number of carbonyl (C=O) groups excluding carboxylic acids is 1. The van der Waals surface area contributed by atoms with Crippen molar-refractivity contribution >= 4 is 17.4 Å². The van der Waals surface area contributed by atoms with E-state index in [9.17, 15) is 4.79 Å². The topological polar surface area (TPSA) is 29.5 Å². The zero-order valence-electron chi connectivity index (χ0n) is 12.8. The fourth-order valence-corrected chi connectivity index (χ4v) is 3.11. The van der Waals surface area contributed by atoms with Crippen LogP contribution in [0.1, 0.15) is 38.2 Å². The fourth-order valence-electron chi connectivity index (χ4n) is 2.98. The van der Waals surface area contributed by atoms with Gasteiger partial charge in [-0.2, -0.15) is 0 Å². The van der Waals surface area contributed by atoms with Crippen molar-refractivity contribution in [1.82, 2.24) is 4.90 Å². The normalized spacial score (nSPS) is 17.9. The molecule has 1 aliphatic rings. The van der Waals surface area contributed by atoms with Gasteiger partial charge in [0.15, 0.2) is 0 Å². The maximum atomic E-state index is 12.1. The van der Waals surface area contributed by atoms with Crippen LogP contribution in [0.4, 0.5) is 0 Å². The first kappa shape index (κ1) is 16.5. The van der Waals surface area contributed by atoms with E-state index in [1.54, 1.807) is 6.92 Å². The van der Waals surface area contributed by atoms with E-state index in [-0.39, 0.29) is 11.7 Å². The molecule has 0 radical (unpaired) electrons. The number of hydrogen-bond acceptors (Lipinski definition) is 3. The summed E-state index contributed by atoms with van der Waals surface area (Å²) in [6.45, 7) is 7.23. The Labute approximate surface area is 132 Å². The molecule has 0 aliphatic carbocycles. The quantitative estimate of drug-likeness (QED) is 0.805. The van der Waals surface area contributed by atoms with E-state index in [4.69, 9.17) is 16.3 Å². The highest BCUT2D eigenvalue weighted by atomic mass is 35.5. The molecular weight excluding hydrogens is 286 g/mol. The SMILES string of the molecule is CCN(C[C@@H](C(C)=O)c1ccc(Cl)cc1)C1CCOCC1.